The summed E-state index contributed by atoms with van der Waals surface area (Å²) < 4.78 is 5.52. The molecular formula is C21H35N5O2S. The number of thiophene rings is 1. The van der Waals surface area contributed by atoms with Crippen LogP contribution in [0.4, 0.5) is 0 Å². The van der Waals surface area contributed by atoms with Gasteiger partial charge in [-0.3, -0.25) is 9.69 Å². The molecule has 2 fully saturated rings. The normalized spacial score (nSPS) is 20.2. The Morgan fingerprint density at radius 2 is 2.07 bits per heavy atom. The molecule has 1 aliphatic carbocycles. The Kier molecular flexibility index (Phi) is 9.24. The van der Waals surface area contributed by atoms with Crippen molar-refractivity contribution in [3.05, 3.63) is 22.4 Å². The summed E-state index contributed by atoms with van der Waals surface area (Å²) in [6.07, 6.45) is 5.90. The van der Waals surface area contributed by atoms with Crippen LogP contribution >= 0.6 is 11.3 Å². The number of ether oxygens (including phenoxy) is 1. The lowest BCUT2D eigenvalue weighted by Crippen LogP contribution is -2.46. The third-order valence-corrected chi connectivity index (χ3v) is 6.49. The van der Waals surface area contributed by atoms with Gasteiger partial charge in [0.25, 0.3) is 0 Å². The molecule has 1 atom stereocenters. The molecule has 3 N–H and O–H groups in total. The molecule has 1 unspecified atom stereocenters. The number of carbonyl (C=O) groups is 1. The molecule has 2 aliphatic rings. The Balaban J connectivity index is 1.54. The van der Waals surface area contributed by atoms with E-state index in [4.69, 9.17) is 4.74 Å². The number of guanidine groups is 1. The highest BCUT2D eigenvalue weighted by atomic mass is 32.1. The van der Waals surface area contributed by atoms with Crippen LogP contribution in [-0.2, 0) is 9.53 Å². The van der Waals surface area contributed by atoms with Crippen molar-refractivity contribution in [2.75, 3.05) is 45.9 Å². The number of rotatable bonds is 8. The maximum absolute atomic E-state index is 12.3. The molecule has 8 heteroatoms. The van der Waals surface area contributed by atoms with Gasteiger partial charge in [-0.05, 0) is 31.2 Å². The molecule has 1 aromatic heterocycles. The Labute approximate surface area is 178 Å². The van der Waals surface area contributed by atoms with E-state index in [9.17, 15) is 4.79 Å². The Hall–Kier alpha value is -1.64. The van der Waals surface area contributed by atoms with Crippen molar-refractivity contribution in [1.29, 1.82) is 0 Å². The van der Waals surface area contributed by atoms with Crippen molar-refractivity contribution in [2.24, 2.45) is 4.99 Å². The first kappa shape index (κ1) is 22.1. The largest absolute Gasteiger partial charge is 0.379 e. The molecule has 1 amide bonds. The van der Waals surface area contributed by atoms with Gasteiger partial charge >= 0.3 is 0 Å². The SMILES string of the molecule is CCNC(=NCC(=O)NC1CCCCC1)NCC(c1cccs1)N1CCOCC1. The van der Waals surface area contributed by atoms with E-state index in [2.05, 4.69) is 43.4 Å². The van der Waals surface area contributed by atoms with E-state index in [-0.39, 0.29) is 18.5 Å². The molecule has 1 saturated carbocycles. The third kappa shape index (κ3) is 7.28. The number of carbonyl (C=O) groups excluding carboxylic acids is 1. The van der Waals surface area contributed by atoms with Crippen LogP contribution in [-0.4, -0.2) is 68.7 Å². The van der Waals surface area contributed by atoms with Gasteiger partial charge in [0.15, 0.2) is 5.96 Å². The molecule has 1 aliphatic heterocycles. The summed E-state index contributed by atoms with van der Waals surface area (Å²) in [5.74, 6) is 0.707. The van der Waals surface area contributed by atoms with E-state index in [0.29, 0.717) is 12.0 Å². The summed E-state index contributed by atoms with van der Waals surface area (Å²) in [5, 5.41) is 12.0. The number of hydrogen-bond acceptors (Lipinski definition) is 5. The lowest BCUT2D eigenvalue weighted by molar-refractivity contribution is -0.120. The van der Waals surface area contributed by atoms with E-state index in [0.717, 1.165) is 52.2 Å². The smallest absolute Gasteiger partial charge is 0.242 e. The van der Waals surface area contributed by atoms with E-state index >= 15 is 0 Å². The van der Waals surface area contributed by atoms with Crippen molar-refractivity contribution in [3.63, 3.8) is 0 Å². The molecule has 7 nitrogen and oxygen atoms in total. The zero-order chi connectivity index (χ0) is 20.3. The molecule has 0 aromatic carbocycles. The Bertz CT molecular complexity index is 625. The van der Waals surface area contributed by atoms with Crippen LogP contribution in [0.5, 0.6) is 0 Å². The Morgan fingerprint density at radius 1 is 1.28 bits per heavy atom. The van der Waals surface area contributed by atoms with Gasteiger partial charge in [-0.15, -0.1) is 11.3 Å². The van der Waals surface area contributed by atoms with E-state index in [1.165, 1.54) is 24.1 Å². The van der Waals surface area contributed by atoms with Gasteiger partial charge in [0.1, 0.15) is 6.54 Å². The first-order valence-electron chi connectivity index (χ1n) is 10.9. The fraction of sp³-hybridized carbons (Fsp3) is 0.714. The second kappa shape index (κ2) is 12.1. The number of aliphatic imine (C=N–C) groups is 1. The summed E-state index contributed by atoms with van der Waals surface area (Å²) in [6, 6.07) is 4.89. The van der Waals surface area contributed by atoms with Crippen molar-refractivity contribution < 1.29 is 9.53 Å². The van der Waals surface area contributed by atoms with Crippen LogP contribution in [0.1, 0.15) is 49.9 Å². The quantitative estimate of drug-likeness (QED) is 0.443. The van der Waals surface area contributed by atoms with Gasteiger partial charge in [-0.1, -0.05) is 25.3 Å². The van der Waals surface area contributed by atoms with Crippen LogP contribution < -0.4 is 16.0 Å². The zero-order valence-corrected chi connectivity index (χ0v) is 18.3. The maximum atomic E-state index is 12.3. The topological polar surface area (TPSA) is 78.0 Å². The van der Waals surface area contributed by atoms with E-state index < -0.39 is 0 Å². The molecular weight excluding hydrogens is 386 g/mol. The van der Waals surface area contributed by atoms with Gasteiger partial charge < -0.3 is 20.7 Å². The lowest BCUT2D eigenvalue weighted by Gasteiger charge is -2.34. The molecule has 162 valence electrons. The standard InChI is InChI=1S/C21H35N5O2S/c1-2-22-21(24-16-20(27)25-17-7-4-3-5-8-17)23-15-18(19-9-6-14-29-19)26-10-12-28-13-11-26/h6,9,14,17-18H,2-5,7-8,10-13,15-16H2,1H3,(H,25,27)(H2,22,23,24). The number of hydrogen-bond donors (Lipinski definition) is 3. The summed E-state index contributed by atoms with van der Waals surface area (Å²) >= 11 is 1.78. The number of nitrogens with zero attached hydrogens (tertiary/aromatic N) is 2. The Morgan fingerprint density at radius 3 is 2.76 bits per heavy atom. The van der Waals surface area contributed by atoms with Gasteiger partial charge in [0, 0.05) is 37.1 Å². The predicted octanol–water partition coefficient (Wildman–Crippen LogP) is 2.13. The minimum absolute atomic E-state index is 0.0112. The number of nitrogens with one attached hydrogen (secondary N) is 3. The minimum Gasteiger partial charge on any atom is -0.379 e. The highest BCUT2D eigenvalue weighted by Crippen LogP contribution is 2.25. The van der Waals surface area contributed by atoms with Gasteiger partial charge in [-0.25, -0.2) is 4.99 Å². The van der Waals surface area contributed by atoms with Gasteiger partial charge in [0.05, 0.1) is 19.3 Å². The molecule has 0 radical (unpaired) electrons. The second-order valence-electron chi connectivity index (χ2n) is 7.66. The van der Waals surface area contributed by atoms with Crippen molar-refractivity contribution in [3.8, 4) is 0 Å². The summed E-state index contributed by atoms with van der Waals surface area (Å²) in [6.45, 7) is 7.12. The lowest BCUT2D eigenvalue weighted by atomic mass is 9.95. The summed E-state index contributed by atoms with van der Waals surface area (Å²) in [7, 11) is 0. The van der Waals surface area contributed by atoms with Crippen molar-refractivity contribution in [1.82, 2.24) is 20.9 Å². The van der Waals surface area contributed by atoms with E-state index in [1.54, 1.807) is 11.3 Å². The molecule has 0 spiro atoms. The molecule has 1 aromatic rings. The zero-order valence-electron chi connectivity index (χ0n) is 17.5. The van der Waals surface area contributed by atoms with Crippen molar-refractivity contribution >= 4 is 23.2 Å². The highest BCUT2D eigenvalue weighted by Gasteiger charge is 2.23. The third-order valence-electron chi connectivity index (χ3n) is 5.52. The van der Waals surface area contributed by atoms with Crippen LogP contribution in [0.15, 0.2) is 22.5 Å². The average Bonchev–Trinajstić information content (AvgIpc) is 3.28. The average molecular weight is 422 g/mol. The molecule has 29 heavy (non-hydrogen) atoms. The fourth-order valence-corrected chi connectivity index (χ4v) is 4.85. The minimum atomic E-state index is 0.0112. The van der Waals surface area contributed by atoms with Crippen LogP contribution in [0.25, 0.3) is 0 Å². The second-order valence-corrected chi connectivity index (χ2v) is 8.64. The highest BCUT2D eigenvalue weighted by molar-refractivity contribution is 7.10. The summed E-state index contributed by atoms with van der Waals surface area (Å²) in [4.78, 5) is 20.6. The summed E-state index contributed by atoms with van der Waals surface area (Å²) in [5.41, 5.74) is 0. The monoisotopic (exact) mass is 421 g/mol. The van der Waals surface area contributed by atoms with E-state index in [1.807, 2.05) is 6.92 Å². The van der Waals surface area contributed by atoms with Gasteiger partial charge in [-0.2, -0.15) is 0 Å². The first-order chi connectivity index (χ1) is 14.3. The number of morpholine rings is 1. The first-order valence-corrected chi connectivity index (χ1v) is 11.8. The predicted molar refractivity (Wildman–Crippen MR) is 118 cm³/mol. The maximum Gasteiger partial charge on any atom is 0.242 e. The van der Waals surface area contributed by atoms with Crippen LogP contribution in [0.3, 0.4) is 0 Å². The van der Waals surface area contributed by atoms with Crippen molar-refractivity contribution in [2.45, 2.75) is 51.1 Å². The van der Waals surface area contributed by atoms with Gasteiger partial charge in [0.2, 0.25) is 5.91 Å². The molecule has 0 bridgehead atoms. The number of amides is 1. The van der Waals surface area contributed by atoms with Crippen LogP contribution in [0.2, 0.25) is 0 Å². The fourth-order valence-electron chi connectivity index (χ4n) is 3.99. The van der Waals surface area contributed by atoms with Crippen LogP contribution in [0, 0.1) is 0 Å². The molecule has 2 heterocycles. The molecule has 1 saturated heterocycles. The molecule has 3 rings (SSSR count).